The highest BCUT2D eigenvalue weighted by molar-refractivity contribution is 8.44. The van der Waals surface area contributed by atoms with Crippen LogP contribution in [0.25, 0.3) is 11.2 Å². The Balaban J connectivity index is 0.875. The van der Waals surface area contributed by atoms with Crippen LogP contribution in [0.4, 0.5) is 31.7 Å². The number of aliphatic imine (C=N–C) groups is 2. The van der Waals surface area contributed by atoms with Gasteiger partial charge in [-0.3, -0.25) is 61.1 Å². The third-order valence-corrected chi connectivity index (χ3v) is 17.6. The number of nitrogen functional groups attached to an aromatic ring is 1. The number of benzene rings is 1. The molecule has 4 aromatic rings. The minimum absolute atomic E-state index is 0.0242. The van der Waals surface area contributed by atoms with Crippen LogP contribution in [0.2, 0.25) is 0 Å². The number of nitrogens with two attached hydrogens (primary N) is 3. The lowest BCUT2D eigenvalue weighted by atomic mass is 10.0. The van der Waals surface area contributed by atoms with Gasteiger partial charge in [0.2, 0.25) is 17.7 Å². The van der Waals surface area contributed by atoms with Crippen molar-refractivity contribution in [3.05, 3.63) is 66.7 Å². The van der Waals surface area contributed by atoms with Crippen molar-refractivity contribution in [2.45, 2.75) is 101 Å². The summed E-state index contributed by atoms with van der Waals surface area (Å²) >= 11 is 8.40. The van der Waals surface area contributed by atoms with Crippen molar-refractivity contribution in [2.75, 3.05) is 64.6 Å². The second-order valence-corrected chi connectivity index (χ2v) is 26.8. The van der Waals surface area contributed by atoms with E-state index < -0.39 is 148 Å². The van der Waals surface area contributed by atoms with Crippen LogP contribution in [0, 0.1) is 5.92 Å². The quantitative estimate of drug-likeness (QED) is 0.00946. The molecule has 4 aliphatic rings. The number of nitrogens with zero attached hydrogens (tertiary/aromatic N) is 10. The minimum atomic E-state index is -4.65. The van der Waals surface area contributed by atoms with Crippen molar-refractivity contribution >= 4 is 127 Å². The van der Waals surface area contributed by atoms with Crippen LogP contribution in [0.3, 0.4) is 0 Å². The number of ether oxygens (including phenoxy) is 5. The van der Waals surface area contributed by atoms with Crippen molar-refractivity contribution in [3.8, 4) is 0 Å². The Kier molecular flexibility index (Phi) is 23.2. The number of primary amides is 1. The van der Waals surface area contributed by atoms with E-state index in [2.05, 4.69) is 82.4 Å². The van der Waals surface area contributed by atoms with E-state index in [4.69, 9.17) is 59.0 Å². The molecule has 37 nitrogen and oxygen atoms in total. The third kappa shape index (κ3) is 17.3. The van der Waals surface area contributed by atoms with Gasteiger partial charge in [-0.05, 0) is 43.2 Å². The predicted octanol–water partition coefficient (Wildman–Crippen LogP) is 1.14. The van der Waals surface area contributed by atoms with Crippen LogP contribution >= 0.6 is 38.1 Å². The zero-order valence-electron chi connectivity index (χ0n) is 49.5. The van der Waals surface area contributed by atoms with Gasteiger partial charge in [0.05, 0.1) is 32.4 Å². The van der Waals surface area contributed by atoms with Crippen LogP contribution < -0.4 is 38.5 Å². The number of amidine groups is 1. The second kappa shape index (κ2) is 30.6. The molecule has 4 aliphatic heterocycles. The van der Waals surface area contributed by atoms with Crippen molar-refractivity contribution in [1.29, 1.82) is 0 Å². The number of imidazole rings is 2. The fraction of sp³-hybridized carbons (Fsp3) is 0.490. The second-order valence-electron chi connectivity index (χ2n) is 21.0. The fourth-order valence-electron chi connectivity index (χ4n) is 9.62. The summed E-state index contributed by atoms with van der Waals surface area (Å²) in [5.74, 6) is -3.62. The Morgan fingerprint density at radius 3 is 2.22 bits per heavy atom. The summed E-state index contributed by atoms with van der Waals surface area (Å²) in [5, 5.41) is 21.9. The molecule has 0 spiro atoms. The number of fused-ring (bicyclic) bond motifs is 4. The number of hydrogen-bond donors (Lipinski definition) is 10. The predicted molar refractivity (Wildman–Crippen MR) is 327 cm³/mol. The van der Waals surface area contributed by atoms with Crippen molar-refractivity contribution < 1.29 is 94.4 Å². The van der Waals surface area contributed by atoms with Crippen molar-refractivity contribution in [3.63, 3.8) is 0 Å². The highest BCUT2D eigenvalue weighted by Crippen LogP contribution is 2.60. The zero-order valence-corrected chi connectivity index (χ0v) is 53.1. The lowest BCUT2D eigenvalue weighted by molar-refractivity contribution is -0.137. The molecule has 3 saturated heterocycles. The molecule has 8 amide bonds. The number of aromatic nitrogens is 6. The van der Waals surface area contributed by atoms with E-state index in [0.717, 1.165) is 28.3 Å². The number of amides is 8. The van der Waals surface area contributed by atoms with E-state index in [1.807, 2.05) is 0 Å². The number of imide groups is 1. The first-order chi connectivity index (χ1) is 43.7. The molecule has 0 radical (unpaired) electrons. The van der Waals surface area contributed by atoms with Crippen molar-refractivity contribution in [1.82, 2.24) is 54.8 Å². The number of anilines is 2. The van der Waals surface area contributed by atoms with Gasteiger partial charge >= 0.3 is 31.9 Å². The number of aliphatic hydroxyl groups excluding tert-OH is 1. The van der Waals surface area contributed by atoms with Crippen LogP contribution in [-0.4, -0.2) is 207 Å². The standard InChI is InChI=1S/C51H67N17O20P2S2/c1-25(2)34(64-31(69)14-16-66-32(70)12-13-33(66)71)46(74)63-28(7-6-15-57-49(54)75)45(73)62-27-10-8-26(9-11-27)19-81-50(76)65(5)17-18-80-51(77)86-40-38-30(85-48(40)68-24-61-36-42(53)58-22-59-44(36)68)21-83-90(79,92)88-39-37(72)29(20-82-89(78,91)87-38)84-47(39)67-23-60-35(41(52)55-3)43(67)56-4/h8-13,22-25,28-30,34,37-40,47-48,72H,4,6-7,14-21H2,1-3,5H3,(H2,52,55)(H,62,73)(H,63,74)(H,64,69)(H,78,91)(H,79,92)(H2,53,58,59)(H3,54,57,75)/t28-,29+,30+,34-,37+,38+,39+,40+,47+,48+,89+,90+/m0/s1. The first kappa shape index (κ1) is 69.8. The topological polar surface area (TPSA) is 493 Å². The molecule has 3 aromatic heterocycles. The van der Waals surface area contributed by atoms with Crippen molar-refractivity contribution in [2.24, 2.45) is 27.4 Å². The first-order valence-corrected chi connectivity index (χ1v) is 33.3. The Labute approximate surface area is 533 Å². The maximum absolute atomic E-state index is 14.3. The molecule has 0 unspecified atom stereocenters. The van der Waals surface area contributed by atoms with Crippen LogP contribution in [0.5, 0.6) is 0 Å². The van der Waals surface area contributed by atoms with Gasteiger partial charge in [0.25, 0.3) is 11.8 Å². The molecule has 7 heterocycles. The van der Waals surface area contributed by atoms with E-state index in [0.29, 0.717) is 5.56 Å². The summed E-state index contributed by atoms with van der Waals surface area (Å²) in [4.78, 5) is 129. The number of hydrogen-bond acceptors (Lipinski definition) is 27. The smallest absolute Gasteiger partial charge is 0.445 e. The van der Waals surface area contributed by atoms with Gasteiger partial charge in [0.1, 0.15) is 79.2 Å². The Bertz CT molecular complexity index is 3580. The lowest BCUT2D eigenvalue weighted by Crippen LogP contribution is -2.54. The summed E-state index contributed by atoms with van der Waals surface area (Å²) in [6.45, 7) is -4.98. The SMILES string of the molecule is C=Nc1c(/C(N)=N\C)ncn1[C@@H]1O[C@@H]2CO[P@@](=O)(S)O[C@H]3[C@@H](OC(=O)OCCN(C)C(=O)OCc4ccc(NC(=O)[C@H](CCCNC(N)=O)NC(=O)[C@@H](NC(=O)CCN5C(=O)C=CC5=O)C(C)C)cc4)[C@H](n4cnc5c(N)ncnc54)O[C@@H]3CO[P@@](=O)(S)O[C@@H]1[C@@H]2O. The minimum Gasteiger partial charge on any atom is -0.445 e. The normalized spacial score (nSPS) is 25.6. The summed E-state index contributed by atoms with van der Waals surface area (Å²) in [5.41, 5.74) is 18.3. The summed E-state index contributed by atoms with van der Waals surface area (Å²) in [7, 11) is 2.77. The van der Waals surface area contributed by atoms with E-state index in [1.54, 1.807) is 26.0 Å². The van der Waals surface area contributed by atoms with E-state index in [-0.39, 0.29) is 85.5 Å². The monoisotopic (exact) mass is 1360 g/mol. The Morgan fingerprint density at radius 1 is 0.891 bits per heavy atom. The molecule has 92 heavy (non-hydrogen) atoms. The molecule has 1 aromatic carbocycles. The molecule has 2 bridgehead atoms. The van der Waals surface area contributed by atoms with Gasteiger partial charge < -0.3 is 72.2 Å². The number of carbonyl (C=O) groups excluding carboxylic acids is 8. The number of thiol groups is 2. The van der Waals surface area contributed by atoms with Gasteiger partial charge in [-0.1, -0.05) is 50.5 Å². The fourth-order valence-corrected chi connectivity index (χ4v) is 12.6. The average Bonchev–Trinajstić information content (AvgIpc) is 1.62. The highest BCUT2D eigenvalue weighted by atomic mass is 32.7. The molecule has 3 fully saturated rings. The van der Waals surface area contributed by atoms with Gasteiger partial charge in [-0.15, -0.1) is 0 Å². The zero-order chi connectivity index (χ0) is 66.8. The summed E-state index contributed by atoms with van der Waals surface area (Å²) in [6, 6.07) is 3.01. The first-order valence-electron chi connectivity index (χ1n) is 27.9. The highest BCUT2D eigenvalue weighted by Gasteiger charge is 2.55. The van der Waals surface area contributed by atoms with Crippen LogP contribution in [0.1, 0.15) is 56.8 Å². The molecule has 498 valence electrons. The molecule has 0 aliphatic carbocycles. The van der Waals surface area contributed by atoms with Gasteiger partial charge in [-0.2, -0.15) is 0 Å². The number of rotatable bonds is 23. The maximum atomic E-state index is 14.3. The number of nitrogens with one attached hydrogen (secondary N) is 4. The number of likely N-dealkylation sites (N-methyl/N-ethyl adjacent to an activating group) is 1. The molecular formula is C51H67N17O20P2S2. The largest absolute Gasteiger partial charge is 0.508 e. The lowest BCUT2D eigenvalue weighted by Gasteiger charge is -2.27. The van der Waals surface area contributed by atoms with Gasteiger partial charge in [-0.25, -0.2) is 48.4 Å². The third-order valence-electron chi connectivity index (χ3n) is 14.4. The summed E-state index contributed by atoms with van der Waals surface area (Å²) < 4.78 is 83.2. The van der Waals surface area contributed by atoms with Crippen LogP contribution in [0.15, 0.2) is 65.4 Å². The number of urea groups is 1. The van der Waals surface area contributed by atoms with E-state index in [1.165, 1.54) is 48.0 Å². The number of carbonyl (C=O) groups is 8. The Hall–Kier alpha value is -8.10. The van der Waals surface area contributed by atoms with E-state index >= 15 is 0 Å². The van der Waals surface area contributed by atoms with E-state index in [9.17, 15) is 52.6 Å². The molecule has 8 rings (SSSR count). The molecular weight excluding hydrogens is 1300 g/mol. The summed E-state index contributed by atoms with van der Waals surface area (Å²) in [6.07, 6.45) is -8.92. The molecule has 12 atom stereocenters. The van der Waals surface area contributed by atoms with Gasteiger partial charge in [0.15, 0.2) is 35.8 Å². The molecule has 11 N–H and O–H groups in total. The van der Waals surface area contributed by atoms with Gasteiger partial charge in [0, 0.05) is 51.4 Å². The Morgan fingerprint density at radius 2 is 1.55 bits per heavy atom. The molecule has 0 saturated carbocycles. The maximum Gasteiger partial charge on any atom is 0.508 e. The number of aliphatic hydroxyl groups is 1. The van der Waals surface area contributed by atoms with Crippen LogP contribution in [-0.2, 0) is 81.5 Å². The average molecular weight is 1360 g/mol. The molecule has 41 heteroatoms.